The molecule has 0 fully saturated rings. The summed E-state index contributed by atoms with van der Waals surface area (Å²) in [6.07, 6.45) is 0. The molecule has 0 spiro atoms. The molecule has 0 aromatic heterocycles. The van der Waals surface area contributed by atoms with Crippen LogP contribution in [0.3, 0.4) is 0 Å². The summed E-state index contributed by atoms with van der Waals surface area (Å²) in [5.41, 5.74) is 1.39. The van der Waals surface area contributed by atoms with E-state index in [0.717, 1.165) is 5.56 Å². The van der Waals surface area contributed by atoms with Gasteiger partial charge < -0.3 is 4.74 Å². The number of halogens is 3. The monoisotopic (exact) mass is 354 g/mol. The molecule has 0 saturated carbocycles. The maximum absolute atomic E-state index is 11.6. The van der Waals surface area contributed by atoms with Crippen LogP contribution in [0.5, 0.6) is 0 Å². The third-order valence-corrected chi connectivity index (χ3v) is 3.77. The van der Waals surface area contributed by atoms with E-state index in [0.29, 0.717) is 27.0 Å². The molecule has 0 aliphatic rings. The zero-order valence-corrected chi connectivity index (χ0v) is 11.9. The van der Waals surface area contributed by atoms with E-state index >= 15 is 0 Å². The number of benzene rings is 1. The molecule has 2 nitrogen and oxygen atoms in total. The highest BCUT2D eigenvalue weighted by atomic mass is 79.9. The van der Waals surface area contributed by atoms with E-state index < -0.39 is 0 Å². The smallest absolute Gasteiger partial charge is 0.339 e. The van der Waals surface area contributed by atoms with Crippen LogP contribution in [0.25, 0.3) is 0 Å². The number of carbonyl (C=O) groups is 1. The Bertz CT molecular complexity index is 380. The highest BCUT2D eigenvalue weighted by molar-refractivity contribution is 9.10. The number of hydrogen-bond donors (Lipinski definition) is 0. The van der Waals surface area contributed by atoms with Crippen LogP contribution in [0.1, 0.15) is 22.8 Å². The normalized spacial score (nSPS) is 10.1. The molecule has 0 radical (unpaired) electrons. The predicted molar refractivity (Wildman–Crippen MR) is 67.7 cm³/mol. The lowest BCUT2D eigenvalue weighted by Crippen LogP contribution is -2.06. The van der Waals surface area contributed by atoms with Gasteiger partial charge in [-0.1, -0.05) is 27.5 Å². The van der Waals surface area contributed by atoms with Gasteiger partial charge in [-0.3, -0.25) is 0 Å². The summed E-state index contributed by atoms with van der Waals surface area (Å²) in [5.74, 6) is -0.367. The molecular formula is C10H9Br2ClO2. The van der Waals surface area contributed by atoms with Gasteiger partial charge in [0.1, 0.15) is 0 Å². The summed E-state index contributed by atoms with van der Waals surface area (Å²) in [6, 6.07) is 3.55. The van der Waals surface area contributed by atoms with Crippen LogP contribution in [-0.4, -0.2) is 12.6 Å². The Balaban J connectivity index is 3.15. The van der Waals surface area contributed by atoms with E-state index in [2.05, 4.69) is 31.9 Å². The zero-order valence-electron chi connectivity index (χ0n) is 8.02. The molecule has 0 amide bonds. The first kappa shape index (κ1) is 13.0. The molecule has 1 aromatic carbocycles. The van der Waals surface area contributed by atoms with Gasteiger partial charge in [0, 0.05) is 5.33 Å². The maximum Gasteiger partial charge on any atom is 0.339 e. The topological polar surface area (TPSA) is 26.3 Å². The Morgan fingerprint density at radius 1 is 1.53 bits per heavy atom. The van der Waals surface area contributed by atoms with Gasteiger partial charge in [0.05, 0.1) is 21.7 Å². The third kappa shape index (κ3) is 3.20. The van der Waals surface area contributed by atoms with Gasteiger partial charge in [-0.05, 0) is 40.5 Å². The number of alkyl halides is 1. The third-order valence-electron chi connectivity index (χ3n) is 1.74. The summed E-state index contributed by atoms with van der Waals surface area (Å²) >= 11 is 12.5. The second kappa shape index (κ2) is 5.87. The van der Waals surface area contributed by atoms with E-state index in [1.807, 2.05) is 0 Å². The van der Waals surface area contributed by atoms with Gasteiger partial charge in [0.2, 0.25) is 0 Å². The van der Waals surface area contributed by atoms with Crippen LogP contribution in [0.2, 0.25) is 5.02 Å². The molecule has 1 aromatic rings. The minimum atomic E-state index is -0.367. The van der Waals surface area contributed by atoms with Crippen LogP contribution < -0.4 is 0 Å². The van der Waals surface area contributed by atoms with Gasteiger partial charge in [0.25, 0.3) is 0 Å². The largest absolute Gasteiger partial charge is 0.462 e. The molecule has 15 heavy (non-hydrogen) atoms. The van der Waals surface area contributed by atoms with E-state index in [-0.39, 0.29) is 5.97 Å². The Morgan fingerprint density at radius 2 is 2.20 bits per heavy atom. The van der Waals surface area contributed by atoms with Crippen molar-refractivity contribution < 1.29 is 9.53 Å². The summed E-state index contributed by atoms with van der Waals surface area (Å²) in [5, 5.41) is 1.15. The molecule has 0 heterocycles. The van der Waals surface area contributed by atoms with Crippen molar-refractivity contribution in [2.45, 2.75) is 12.3 Å². The van der Waals surface area contributed by atoms with Crippen molar-refractivity contribution in [3.05, 3.63) is 32.8 Å². The fourth-order valence-corrected chi connectivity index (χ4v) is 2.04. The van der Waals surface area contributed by atoms with Crippen LogP contribution in [-0.2, 0) is 10.1 Å². The molecule has 0 saturated heterocycles. The number of ether oxygens (including phenoxy) is 1. The molecule has 1 rings (SSSR count). The molecule has 82 valence electrons. The highest BCUT2D eigenvalue weighted by Gasteiger charge is 2.14. The fourth-order valence-electron chi connectivity index (χ4n) is 1.08. The number of hydrogen-bond acceptors (Lipinski definition) is 2. The van der Waals surface area contributed by atoms with Crippen LogP contribution in [0.4, 0.5) is 0 Å². The molecule has 0 N–H and O–H groups in total. The number of carbonyl (C=O) groups excluding carboxylic acids is 1. The Morgan fingerprint density at radius 3 is 2.73 bits per heavy atom. The van der Waals surface area contributed by atoms with Gasteiger partial charge >= 0.3 is 5.97 Å². The average molecular weight is 356 g/mol. The Hall–Kier alpha value is -0.0600. The number of rotatable bonds is 3. The first-order chi connectivity index (χ1) is 7.10. The van der Waals surface area contributed by atoms with Crippen molar-refractivity contribution in [1.82, 2.24) is 0 Å². The van der Waals surface area contributed by atoms with Crippen molar-refractivity contribution in [3.63, 3.8) is 0 Å². The van der Waals surface area contributed by atoms with Gasteiger partial charge in [-0.2, -0.15) is 0 Å². The Labute approximate surface area is 110 Å². The molecule has 0 aliphatic heterocycles. The van der Waals surface area contributed by atoms with Crippen LogP contribution in [0.15, 0.2) is 16.6 Å². The quantitative estimate of drug-likeness (QED) is 0.600. The van der Waals surface area contributed by atoms with Crippen molar-refractivity contribution in [3.8, 4) is 0 Å². The van der Waals surface area contributed by atoms with Crippen LogP contribution in [0, 0.1) is 0 Å². The second-order valence-corrected chi connectivity index (χ2v) is 4.55. The molecule has 0 atom stereocenters. The summed E-state index contributed by atoms with van der Waals surface area (Å²) in [6.45, 7) is 2.11. The summed E-state index contributed by atoms with van der Waals surface area (Å²) in [4.78, 5) is 11.6. The molecular weight excluding hydrogens is 347 g/mol. The van der Waals surface area contributed by atoms with Crippen LogP contribution >= 0.6 is 43.5 Å². The predicted octanol–water partition coefficient (Wildman–Crippen LogP) is 4.17. The zero-order chi connectivity index (χ0) is 11.4. The lowest BCUT2D eigenvalue weighted by Gasteiger charge is -2.07. The molecule has 0 unspecified atom stereocenters. The first-order valence-electron chi connectivity index (χ1n) is 4.31. The average Bonchev–Trinajstić information content (AvgIpc) is 2.22. The fraction of sp³-hybridized carbons (Fsp3) is 0.300. The lowest BCUT2D eigenvalue weighted by atomic mass is 10.1. The standard InChI is InChI=1S/C10H9Br2ClO2/c1-2-15-10(14)7-3-6(5-11)4-8(13)9(7)12/h3-4H,2,5H2,1H3. The van der Waals surface area contributed by atoms with Crippen molar-refractivity contribution in [2.24, 2.45) is 0 Å². The summed E-state index contributed by atoms with van der Waals surface area (Å²) in [7, 11) is 0. The number of esters is 1. The van der Waals surface area contributed by atoms with Gasteiger partial charge in [-0.25, -0.2) is 4.79 Å². The van der Waals surface area contributed by atoms with Crippen molar-refractivity contribution >= 4 is 49.4 Å². The van der Waals surface area contributed by atoms with Crippen molar-refractivity contribution in [1.29, 1.82) is 0 Å². The summed E-state index contributed by atoms with van der Waals surface area (Å²) < 4.78 is 5.50. The SMILES string of the molecule is CCOC(=O)c1cc(CBr)cc(Cl)c1Br. The molecule has 5 heteroatoms. The van der Waals surface area contributed by atoms with E-state index in [1.165, 1.54) is 0 Å². The van der Waals surface area contributed by atoms with Gasteiger partial charge in [0.15, 0.2) is 0 Å². The minimum absolute atomic E-state index is 0.349. The first-order valence-corrected chi connectivity index (χ1v) is 6.60. The Kier molecular flexibility index (Phi) is 5.09. The van der Waals surface area contributed by atoms with E-state index in [1.54, 1.807) is 19.1 Å². The maximum atomic E-state index is 11.6. The van der Waals surface area contributed by atoms with E-state index in [4.69, 9.17) is 16.3 Å². The molecule has 0 aliphatic carbocycles. The van der Waals surface area contributed by atoms with Gasteiger partial charge in [-0.15, -0.1) is 0 Å². The minimum Gasteiger partial charge on any atom is -0.462 e. The van der Waals surface area contributed by atoms with Crippen molar-refractivity contribution in [2.75, 3.05) is 6.61 Å². The molecule has 0 bridgehead atoms. The second-order valence-electron chi connectivity index (χ2n) is 2.79. The highest BCUT2D eigenvalue weighted by Crippen LogP contribution is 2.29. The lowest BCUT2D eigenvalue weighted by molar-refractivity contribution is 0.0525. The van der Waals surface area contributed by atoms with E-state index in [9.17, 15) is 4.79 Å².